The van der Waals surface area contributed by atoms with Gasteiger partial charge >= 0.3 is 5.97 Å². The molecule has 2 heterocycles. The minimum Gasteiger partial charge on any atom is -0.468 e. The Balaban J connectivity index is 1.96. The molecule has 2 N–H and O–H groups in total. The minimum atomic E-state index is -3.69. The first kappa shape index (κ1) is 16.9. The number of fused-ring (bicyclic) bond motifs is 1. The van der Waals surface area contributed by atoms with Crippen molar-refractivity contribution < 1.29 is 17.9 Å². The van der Waals surface area contributed by atoms with E-state index in [1.807, 2.05) is 12.1 Å². The van der Waals surface area contributed by atoms with Crippen LogP contribution in [0.25, 0.3) is 10.4 Å². The summed E-state index contributed by atoms with van der Waals surface area (Å²) < 4.78 is 31.6. The van der Waals surface area contributed by atoms with Crippen molar-refractivity contribution in [2.24, 2.45) is 0 Å². The van der Waals surface area contributed by atoms with E-state index in [1.54, 1.807) is 25.1 Å². The topological polar surface area (TPSA) is 89.7 Å². The minimum absolute atomic E-state index is 0.199. The first-order valence-electron chi connectivity index (χ1n) is 7.46. The predicted octanol–water partition coefficient (Wildman–Crippen LogP) is 2.45. The summed E-state index contributed by atoms with van der Waals surface area (Å²) in [7, 11) is -2.42. The number of nitrogens with zero attached hydrogens (tertiary/aromatic N) is 1. The number of methoxy groups -OCH3 is 1. The largest absolute Gasteiger partial charge is 0.468 e. The Hall–Kier alpha value is -1.90. The molecule has 1 unspecified atom stereocenters. The Kier molecular flexibility index (Phi) is 4.37. The van der Waals surface area contributed by atoms with Crippen LogP contribution in [0.2, 0.25) is 0 Å². The number of benzene rings is 1. The number of ether oxygens (including phenoxy) is 1. The highest BCUT2D eigenvalue weighted by Gasteiger charge is 2.43. The van der Waals surface area contributed by atoms with Crippen LogP contribution in [0.3, 0.4) is 0 Å². The van der Waals surface area contributed by atoms with Crippen molar-refractivity contribution in [1.82, 2.24) is 4.31 Å². The van der Waals surface area contributed by atoms with Gasteiger partial charge in [0.15, 0.2) is 0 Å². The standard InChI is InChI=1S/C16H18N2O4S2/c1-3-12(16(19)22-2)18-9-14-15(24(18,20)21)8-13(23-14)10-4-6-11(17)7-5-10/h4-8,12H,3,9,17H2,1-2H3. The van der Waals surface area contributed by atoms with Crippen LogP contribution in [-0.4, -0.2) is 31.8 Å². The molecule has 1 atom stereocenters. The summed E-state index contributed by atoms with van der Waals surface area (Å²) in [4.78, 5) is 13.8. The van der Waals surface area contributed by atoms with Gasteiger partial charge in [-0.05, 0) is 30.2 Å². The SMILES string of the molecule is CCC(C(=O)OC)N1Cc2sc(-c3ccc(N)cc3)cc2S1(=O)=O. The van der Waals surface area contributed by atoms with Gasteiger partial charge in [0, 0.05) is 15.4 Å². The molecule has 128 valence electrons. The van der Waals surface area contributed by atoms with Crippen molar-refractivity contribution in [3.05, 3.63) is 35.2 Å². The fourth-order valence-electron chi connectivity index (χ4n) is 2.78. The first-order chi connectivity index (χ1) is 11.4. The van der Waals surface area contributed by atoms with Crippen molar-refractivity contribution in [3.63, 3.8) is 0 Å². The van der Waals surface area contributed by atoms with Crippen molar-refractivity contribution in [1.29, 1.82) is 0 Å². The van der Waals surface area contributed by atoms with Gasteiger partial charge < -0.3 is 10.5 Å². The van der Waals surface area contributed by atoms with Crippen molar-refractivity contribution in [2.75, 3.05) is 12.8 Å². The van der Waals surface area contributed by atoms with Gasteiger partial charge in [-0.25, -0.2) is 8.42 Å². The zero-order valence-corrected chi connectivity index (χ0v) is 15.0. The number of hydrogen-bond donors (Lipinski definition) is 1. The molecule has 0 bridgehead atoms. The van der Waals surface area contributed by atoms with E-state index in [9.17, 15) is 13.2 Å². The Morgan fingerprint density at radius 1 is 1.38 bits per heavy atom. The maximum Gasteiger partial charge on any atom is 0.324 e. The molecule has 24 heavy (non-hydrogen) atoms. The first-order valence-corrected chi connectivity index (χ1v) is 9.72. The van der Waals surface area contributed by atoms with Crippen LogP contribution in [0.4, 0.5) is 5.69 Å². The fourth-order valence-corrected chi connectivity index (χ4v) is 6.18. The molecule has 3 rings (SSSR count). The van der Waals surface area contributed by atoms with Crippen LogP contribution in [-0.2, 0) is 26.1 Å². The number of esters is 1. The van der Waals surface area contributed by atoms with Gasteiger partial charge in [0.25, 0.3) is 0 Å². The molecule has 6 nitrogen and oxygen atoms in total. The quantitative estimate of drug-likeness (QED) is 0.663. The summed E-state index contributed by atoms with van der Waals surface area (Å²) in [5.74, 6) is -0.532. The third-order valence-corrected chi connectivity index (χ3v) is 7.28. The number of anilines is 1. The van der Waals surface area contributed by atoms with E-state index in [4.69, 9.17) is 10.5 Å². The molecule has 0 aliphatic carbocycles. The van der Waals surface area contributed by atoms with Crippen molar-refractivity contribution in [3.8, 4) is 10.4 Å². The van der Waals surface area contributed by atoms with E-state index < -0.39 is 22.0 Å². The second-order valence-corrected chi connectivity index (χ2v) is 8.51. The van der Waals surface area contributed by atoms with Gasteiger partial charge in [0.1, 0.15) is 6.04 Å². The second-order valence-electron chi connectivity index (χ2n) is 5.52. The van der Waals surface area contributed by atoms with Gasteiger partial charge in [0.2, 0.25) is 10.0 Å². The molecule has 0 amide bonds. The van der Waals surface area contributed by atoms with Gasteiger partial charge in [-0.15, -0.1) is 11.3 Å². The molecule has 0 radical (unpaired) electrons. The Morgan fingerprint density at radius 2 is 2.04 bits per heavy atom. The summed E-state index contributed by atoms with van der Waals surface area (Å²) in [6.45, 7) is 1.97. The summed E-state index contributed by atoms with van der Waals surface area (Å²) in [6, 6.07) is 8.18. The summed E-state index contributed by atoms with van der Waals surface area (Å²) >= 11 is 1.42. The van der Waals surface area contributed by atoms with Crippen molar-refractivity contribution in [2.45, 2.75) is 30.8 Å². The van der Waals surface area contributed by atoms with Crippen LogP contribution in [0.1, 0.15) is 18.2 Å². The smallest absolute Gasteiger partial charge is 0.324 e. The average Bonchev–Trinajstić information content (AvgIpc) is 3.08. The lowest BCUT2D eigenvalue weighted by atomic mass is 10.2. The fraction of sp³-hybridized carbons (Fsp3) is 0.312. The molecule has 1 aliphatic rings. The van der Waals surface area contributed by atoms with Gasteiger partial charge in [-0.1, -0.05) is 19.1 Å². The van der Waals surface area contributed by atoms with E-state index in [0.717, 1.165) is 15.3 Å². The molecule has 1 aromatic heterocycles. The van der Waals surface area contributed by atoms with E-state index in [1.165, 1.54) is 22.8 Å². The third kappa shape index (κ3) is 2.70. The van der Waals surface area contributed by atoms with E-state index in [2.05, 4.69) is 0 Å². The molecule has 8 heteroatoms. The average molecular weight is 366 g/mol. The van der Waals surface area contributed by atoms with E-state index in [-0.39, 0.29) is 11.4 Å². The van der Waals surface area contributed by atoms with E-state index in [0.29, 0.717) is 12.1 Å². The lowest BCUT2D eigenvalue weighted by Gasteiger charge is -2.22. The molecular weight excluding hydrogens is 348 g/mol. The Labute approximate surface area is 144 Å². The number of sulfonamides is 1. The van der Waals surface area contributed by atoms with Crippen LogP contribution in [0, 0.1) is 0 Å². The zero-order chi connectivity index (χ0) is 17.5. The highest BCUT2D eigenvalue weighted by atomic mass is 32.2. The maximum atomic E-state index is 12.8. The normalized spacial score (nSPS) is 17.4. The lowest BCUT2D eigenvalue weighted by molar-refractivity contribution is -0.145. The molecule has 0 saturated heterocycles. The molecule has 0 fully saturated rings. The molecule has 1 aliphatic heterocycles. The molecular formula is C16H18N2O4S2. The number of thiophene rings is 1. The van der Waals surface area contributed by atoms with Gasteiger partial charge in [0.05, 0.1) is 18.6 Å². The van der Waals surface area contributed by atoms with Crippen molar-refractivity contribution >= 4 is 33.0 Å². The highest BCUT2D eigenvalue weighted by Crippen LogP contribution is 2.42. The van der Waals surface area contributed by atoms with Gasteiger partial charge in [-0.3, -0.25) is 4.79 Å². The lowest BCUT2D eigenvalue weighted by Crippen LogP contribution is -2.41. The summed E-state index contributed by atoms with van der Waals surface area (Å²) in [6.07, 6.45) is 0.367. The highest BCUT2D eigenvalue weighted by molar-refractivity contribution is 7.89. The second kappa shape index (κ2) is 6.19. The number of rotatable bonds is 4. The molecule has 0 saturated carbocycles. The number of nitrogens with two attached hydrogens (primary N) is 1. The predicted molar refractivity (Wildman–Crippen MR) is 93.0 cm³/mol. The Bertz CT molecular complexity index is 872. The third-order valence-electron chi connectivity index (χ3n) is 4.06. The van der Waals surface area contributed by atoms with Crippen LogP contribution in [0.15, 0.2) is 35.2 Å². The van der Waals surface area contributed by atoms with E-state index >= 15 is 0 Å². The summed E-state index contributed by atoms with van der Waals surface area (Å²) in [5, 5.41) is 0. The number of carbonyl (C=O) groups excluding carboxylic acids is 1. The van der Waals surface area contributed by atoms with Crippen LogP contribution >= 0.6 is 11.3 Å². The number of nitrogen functional groups attached to an aromatic ring is 1. The van der Waals surface area contributed by atoms with Crippen LogP contribution in [0.5, 0.6) is 0 Å². The van der Waals surface area contributed by atoms with Crippen LogP contribution < -0.4 is 5.73 Å². The molecule has 1 aromatic carbocycles. The molecule has 2 aromatic rings. The monoisotopic (exact) mass is 366 g/mol. The molecule has 0 spiro atoms. The summed E-state index contributed by atoms with van der Waals surface area (Å²) in [5.41, 5.74) is 7.27. The number of hydrogen-bond acceptors (Lipinski definition) is 6. The maximum absolute atomic E-state index is 12.8. The zero-order valence-electron chi connectivity index (χ0n) is 13.4. The number of carbonyl (C=O) groups is 1. The Morgan fingerprint density at radius 3 is 2.58 bits per heavy atom. The van der Waals surface area contributed by atoms with Gasteiger partial charge in [-0.2, -0.15) is 4.31 Å².